The minimum Gasteiger partial charge on any atom is -0.481 e. The van der Waals surface area contributed by atoms with E-state index in [0.29, 0.717) is 11.3 Å². The van der Waals surface area contributed by atoms with Gasteiger partial charge in [-0.05, 0) is 29.8 Å². The lowest BCUT2D eigenvalue weighted by atomic mass is 10.0. The van der Waals surface area contributed by atoms with E-state index in [1.54, 1.807) is 42.5 Å². The molecule has 0 aromatic heterocycles. The lowest BCUT2D eigenvalue weighted by molar-refractivity contribution is -0.137. The maximum Gasteiger partial charge on any atom is 0.305 e. The van der Waals surface area contributed by atoms with Crippen LogP contribution in [0, 0.1) is 0 Å². The van der Waals surface area contributed by atoms with Crippen LogP contribution in [0.2, 0.25) is 0 Å². The number of carboxylic acids is 1. The van der Waals surface area contributed by atoms with Crippen molar-refractivity contribution in [3.05, 3.63) is 60.2 Å². The van der Waals surface area contributed by atoms with Crippen LogP contribution in [0.5, 0.6) is 0 Å². The number of rotatable bonds is 6. The molecule has 0 aliphatic carbocycles. The Labute approximate surface area is 128 Å². The van der Waals surface area contributed by atoms with Crippen molar-refractivity contribution in [1.82, 2.24) is 4.72 Å². The van der Waals surface area contributed by atoms with Crippen LogP contribution in [0.15, 0.2) is 59.5 Å². The van der Waals surface area contributed by atoms with E-state index in [0.717, 1.165) is 0 Å². The number of benzene rings is 2. The van der Waals surface area contributed by atoms with Gasteiger partial charge in [0.2, 0.25) is 10.0 Å². The number of sulfonamides is 1. The molecule has 0 saturated heterocycles. The Bertz CT molecular complexity index is 743. The van der Waals surface area contributed by atoms with Gasteiger partial charge in [-0.2, -0.15) is 0 Å². The van der Waals surface area contributed by atoms with Crippen LogP contribution < -0.4 is 10.5 Å². The Hall–Kier alpha value is -2.38. The van der Waals surface area contributed by atoms with Crippen molar-refractivity contribution in [2.24, 2.45) is 0 Å². The summed E-state index contributed by atoms with van der Waals surface area (Å²) in [6, 6.07) is 13.3. The molecule has 0 saturated carbocycles. The minimum atomic E-state index is -3.81. The third-order valence-corrected chi connectivity index (χ3v) is 4.56. The number of hydrogen-bond acceptors (Lipinski definition) is 4. The zero-order valence-corrected chi connectivity index (χ0v) is 12.5. The second kappa shape index (κ2) is 6.59. The maximum absolute atomic E-state index is 12.3. The molecule has 0 fully saturated rings. The number of carbonyl (C=O) groups is 1. The third-order valence-electron chi connectivity index (χ3n) is 3.07. The number of nitrogens with one attached hydrogen (secondary N) is 1. The van der Waals surface area contributed by atoms with Crippen molar-refractivity contribution in [2.75, 3.05) is 5.73 Å². The number of aliphatic carboxylic acids is 1. The average molecular weight is 320 g/mol. The summed E-state index contributed by atoms with van der Waals surface area (Å²) >= 11 is 0. The molecule has 4 N–H and O–H groups in total. The van der Waals surface area contributed by atoms with Gasteiger partial charge in [-0.1, -0.05) is 30.3 Å². The zero-order chi connectivity index (χ0) is 16.2. The first-order valence-corrected chi connectivity index (χ1v) is 8.01. The monoisotopic (exact) mass is 320 g/mol. The maximum atomic E-state index is 12.3. The van der Waals surface area contributed by atoms with E-state index in [9.17, 15) is 13.2 Å². The molecule has 0 aliphatic rings. The van der Waals surface area contributed by atoms with E-state index in [-0.39, 0.29) is 11.3 Å². The van der Waals surface area contributed by atoms with Crippen molar-refractivity contribution >= 4 is 21.7 Å². The Morgan fingerprint density at radius 1 is 1.09 bits per heavy atom. The van der Waals surface area contributed by atoms with Gasteiger partial charge < -0.3 is 10.8 Å². The molecule has 116 valence electrons. The SMILES string of the molecule is Nc1ccc([C@@H](CC(=O)O)NS(=O)(=O)c2ccccc2)cc1. The Kier molecular flexibility index (Phi) is 4.79. The van der Waals surface area contributed by atoms with Crippen molar-refractivity contribution in [3.8, 4) is 0 Å². The van der Waals surface area contributed by atoms with Gasteiger partial charge in [0.05, 0.1) is 17.4 Å². The van der Waals surface area contributed by atoms with Gasteiger partial charge >= 0.3 is 5.97 Å². The smallest absolute Gasteiger partial charge is 0.305 e. The normalized spacial score (nSPS) is 12.7. The predicted molar refractivity (Wildman–Crippen MR) is 82.6 cm³/mol. The number of hydrogen-bond donors (Lipinski definition) is 3. The molecular formula is C15H16N2O4S. The summed E-state index contributed by atoms with van der Waals surface area (Å²) in [5.74, 6) is -1.10. The summed E-state index contributed by atoms with van der Waals surface area (Å²) in [7, 11) is -3.81. The van der Waals surface area contributed by atoms with Crippen molar-refractivity contribution in [2.45, 2.75) is 17.4 Å². The molecule has 0 bridgehead atoms. The summed E-state index contributed by atoms with van der Waals surface area (Å²) < 4.78 is 27.1. The first-order chi connectivity index (χ1) is 10.4. The number of nitrogen functional groups attached to an aromatic ring is 1. The molecule has 22 heavy (non-hydrogen) atoms. The van der Waals surface area contributed by atoms with E-state index in [4.69, 9.17) is 10.8 Å². The second-order valence-electron chi connectivity index (χ2n) is 4.75. The lowest BCUT2D eigenvalue weighted by Gasteiger charge is -2.17. The zero-order valence-electron chi connectivity index (χ0n) is 11.6. The van der Waals surface area contributed by atoms with Crippen LogP contribution >= 0.6 is 0 Å². The Morgan fingerprint density at radius 3 is 2.23 bits per heavy atom. The average Bonchev–Trinajstić information content (AvgIpc) is 2.47. The molecule has 0 spiro atoms. The van der Waals surface area contributed by atoms with Crippen LogP contribution in [0.4, 0.5) is 5.69 Å². The molecule has 0 aliphatic heterocycles. The number of anilines is 1. The highest BCUT2D eigenvalue weighted by Crippen LogP contribution is 2.21. The summed E-state index contributed by atoms with van der Waals surface area (Å²) in [6.07, 6.45) is -0.365. The van der Waals surface area contributed by atoms with Gasteiger partial charge in [0.1, 0.15) is 0 Å². The number of carboxylic acid groups (broad SMARTS) is 1. The van der Waals surface area contributed by atoms with Crippen LogP contribution in [0.3, 0.4) is 0 Å². The molecule has 1 atom stereocenters. The van der Waals surface area contributed by atoms with Gasteiger partial charge in [-0.25, -0.2) is 13.1 Å². The van der Waals surface area contributed by atoms with Gasteiger partial charge in [0, 0.05) is 5.69 Å². The van der Waals surface area contributed by atoms with Gasteiger partial charge in [0.15, 0.2) is 0 Å². The largest absolute Gasteiger partial charge is 0.481 e. The molecule has 7 heteroatoms. The topological polar surface area (TPSA) is 109 Å². The predicted octanol–water partition coefficient (Wildman–Crippen LogP) is 1.76. The summed E-state index contributed by atoms with van der Waals surface area (Å²) in [4.78, 5) is 11.1. The number of nitrogens with two attached hydrogens (primary N) is 1. The lowest BCUT2D eigenvalue weighted by Crippen LogP contribution is -2.30. The summed E-state index contributed by atoms with van der Waals surface area (Å²) in [5.41, 5.74) is 6.65. The molecule has 0 unspecified atom stereocenters. The minimum absolute atomic E-state index is 0.0841. The molecule has 0 amide bonds. The van der Waals surface area contributed by atoms with Crippen molar-refractivity contribution in [3.63, 3.8) is 0 Å². The van der Waals surface area contributed by atoms with Crippen LogP contribution in [-0.4, -0.2) is 19.5 Å². The fourth-order valence-corrected chi connectivity index (χ4v) is 3.23. The van der Waals surface area contributed by atoms with Gasteiger partial charge in [-0.3, -0.25) is 4.79 Å². The quantitative estimate of drug-likeness (QED) is 0.703. The molecule has 0 radical (unpaired) electrons. The molecule has 2 aromatic carbocycles. The highest BCUT2D eigenvalue weighted by atomic mass is 32.2. The second-order valence-corrected chi connectivity index (χ2v) is 6.47. The fraction of sp³-hybridized carbons (Fsp3) is 0.133. The standard InChI is InChI=1S/C15H16N2O4S/c16-12-8-6-11(7-9-12)14(10-15(18)19)17-22(20,21)13-4-2-1-3-5-13/h1-9,14,17H,10,16H2,(H,18,19)/t14-/m1/s1. The third kappa shape index (κ3) is 4.06. The Morgan fingerprint density at radius 2 is 1.68 bits per heavy atom. The van der Waals surface area contributed by atoms with E-state index >= 15 is 0 Å². The van der Waals surface area contributed by atoms with Gasteiger partial charge in [0.25, 0.3) is 0 Å². The molecule has 2 rings (SSSR count). The van der Waals surface area contributed by atoms with E-state index in [2.05, 4.69) is 4.72 Å². The van der Waals surface area contributed by atoms with Crippen LogP contribution in [0.25, 0.3) is 0 Å². The molecule has 2 aromatic rings. The first kappa shape index (κ1) is 16.0. The van der Waals surface area contributed by atoms with E-state index in [1.807, 2.05) is 0 Å². The first-order valence-electron chi connectivity index (χ1n) is 6.53. The molecular weight excluding hydrogens is 304 g/mol. The van der Waals surface area contributed by atoms with Crippen molar-refractivity contribution in [1.29, 1.82) is 0 Å². The Balaban J connectivity index is 2.31. The molecule has 0 heterocycles. The van der Waals surface area contributed by atoms with E-state index < -0.39 is 22.0 Å². The van der Waals surface area contributed by atoms with Crippen molar-refractivity contribution < 1.29 is 18.3 Å². The van der Waals surface area contributed by atoms with Crippen LogP contribution in [0.1, 0.15) is 18.0 Å². The molecule has 6 nitrogen and oxygen atoms in total. The van der Waals surface area contributed by atoms with Gasteiger partial charge in [-0.15, -0.1) is 0 Å². The fourth-order valence-electron chi connectivity index (χ4n) is 1.99. The summed E-state index contributed by atoms with van der Waals surface area (Å²) in [5, 5.41) is 9.01. The van der Waals surface area contributed by atoms with Crippen LogP contribution in [-0.2, 0) is 14.8 Å². The summed E-state index contributed by atoms with van der Waals surface area (Å²) in [6.45, 7) is 0. The highest BCUT2D eigenvalue weighted by Gasteiger charge is 2.23. The van der Waals surface area contributed by atoms with E-state index in [1.165, 1.54) is 12.1 Å². The highest BCUT2D eigenvalue weighted by molar-refractivity contribution is 7.89.